The lowest BCUT2D eigenvalue weighted by Crippen LogP contribution is -2.28. The van der Waals surface area contributed by atoms with Crippen LogP contribution < -0.4 is 10.1 Å². The van der Waals surface area contributed by atoms with Gasteiger partial charge in [-0.25, -0.2) is 9.37 Å². The van der Waals surface area contributed by atoms with Crippen molar-refractivity contribution >= 4 is 0 Å². The lowest BCUT2D eigenvalue weighted by atomic mass is 10.2. The summed E-state index contributed by atoms with van der Waals surface area (Å²) in [4.78, 5) is 4.10. The summed E-state index contributed by atoms with van der Waals surface area (Å²) in [7, 11) is 0. The predicted molar refractivity (Wildman–Crippen MR) is 72.4 cm³/mol. The van der Waals surface area contributed by atoms with Crippen molar-refractivity contribution in [3.63, 3.8) is 0 Å². The van der Waals surface area contributed by atoms with Crippen LogP contribution in [0.3, 0.4) is 0 Å². The molecule has 0 unspecified atom stereocenters. The Bertz CT molecular complexity index is 487. The summed E-state index contributed by atoms with van der Waals surface area (Å²) in [6.07, 6.45) is 1.73. The van der Waals surface area contributed by atoms with Crippen LogP contribution >= 0.6 is 0 Å². The highest BCUT2D eigenvalue weighted by atomic mass is 19.1. The van der Waals surface area contributed by atoms with Gasteiger partial charge in [-0.2, -0.15) is 0 Å². The number of hydrogen-bond acceptors (Lipinski definition) is 3. The first-order valence-corrected chi connectivity index (χ1v) is 6.27. The zero-order valence-corrected chi connectivity index (χ0v) is 10.8. The fourth-order valence-corrected chi connectivity index (χ4v) is 1.69. The average molecular weight is 260 g/mol. The van der Waals surface area contributed by atoms with Gasteiger partial charge in [-0.05, 0) is 30.7 Å². The number of nitrogens with one attached hydrogen (secondary N) is 1. The van der Waals surface area contributed by atoms with Gasteiger partial charge >= 0.3 is 0 Å². The molecular weight excluding hydrogens is 243 g/mol. The summed E-state index contributed by atoms with van der Waals surface area (Å²) >= 11 is 0. The SMILES string of the molecule is C[C@H](CNCc1ccc(F)cc1)Oc1ccccn1. The summed E-state index contributed by atoms with van der Waals surface area (Å²) in [6.45, 7) is 3.37. The second-order valence-electron chi connectivity index (χ2n) is 4.35. The first kappa shape index (κ1) is 13.5. The molecule has 0 radical (unpaired) electrons. The Morgan fingerprint density at radius 3 is 2.68 bits per heavy atom. The lowest BCUT2D eigenvalue weighted by Gasteiger charge is -2.14. The van der Waals surface area contributed by atoms with E-state index in [1.54, 1.807) is 18.3 Å². The van der Waals surface area contributed by atoms with Crippen molar-refractivity contribution in [1.29, 1.82) is 0 Å². The molecular formula is C15H17FN2O. The number of aromatic nitrogens is 1. The molecule has 0 aliphatic rings. The van der Waals surface area contributed by atoms with Crippen LogP contribution in [0.1, 0.15) is 12.5 Å². The highest BCUT2D eigenvalue weighted by molar-refractivity contribution is 5.15. The number of hydrogen-bond donors (Lipinski definition) is 1. The normalized spacial score (nSPS) is 12.1. The van der Waals surface area contributed by atoms with Crippen LogP contribution in [0.4, 0.5) is 4.39 Å². The van der Waals surface area contributed by atoms with Gasteiger partial charge in [0.1, 0.15) is 11.9 Å². The van der Waals surface area contributed by atoms with Gasteiger partial charge in [-0.15, -0.1) is 0 Å². The first-order valence-electron chi connectivity index (χ1n) is 6.27. The van der Waals surface area contributed by atoms with Crippen LogP contribution in [0.15, 0.2) is 48.7 Å². The van der Waals surface area contributed by atoms with E-state index in [-0.39, 0.29) is 11.9 Å². The lowest BCUT2D eigenvalue weighted by molar-refractivity contribution is 0.208. The maximum atomic E-state index is 12.7. The molecule has 19 heavy (non-hydrogen) atoms. The van der Waals surface area contributed by atoms with Crippen LogP contribution in [0.2, 0.25) is 0 Å². The van der Waals surface area contributed by atoms with Crippen molar-refractivity contribution < 1.29 is 9.13 Å². The molecule has 1 atom stereocenters. The zero-order chi connectivity index (χ0) is 13.5. The van der Waals surface area contributed by atoms with E-state index in [4.69, 9.17) is 4.74 Å². The van der Waals surface area contributed by atoms with Gasteiger partial charge in [-0.1, -0.05) is 18.2 Å². The molecule has 0 bridgehead atoms. The monoisotopic (exact) mass is 260 g/mol. The van der Waals surface area contributed by atoms with Crippen LogP contribution in [-0.2, 0) is 6.54 Å². The third-order valence-electron chi connectivity index (χ3n) is 2.63. The largest absolute Gasteiger partial charge is 0.473 e. The number of pyridine rings is 1. The third-order valence-corrected chi connectivity index (χ3v) is 2.63. The number of nitrogens with zero attached hydrogens (tertiary/aromatic N) is 1. The summed E-state index contributed by atoms with van der Waals surface area (Å²) in [5.41, 5.74) is 1.05. The molecule has 1 heterocycles. The van der Waals surface area contributed by atoms with Gasteiger partial charge in [0, 0.05) is 25.4 Å². The van der Waals surface area contributed by atoms with Crippen LogP contribution in [0, 0.1) is 5.82 Å². The van der Waals surface area contributed by atoms with Gasteiger partial charge in [0.2, 0.25) is 5.88 Å². The maximum absolute atomic E-state index is 12.7. The summed E-state index contributed by atoms with van der Waals surface area (Å²) in [5, 5.41) is 3.27. The van der Waals surface area contributed by atoms with E-state index < -0.39 is 0 Å². The zero-order valence-electron chi connectivity index (χ0n) is 10.8. The molecule has 2 rings (SSSR count). The van der Waals surface area contributed by atoms with Crippen molar-refractivity contribution in [2.45, 2.75) is 19.6 Å². The van der Waals surface area contributed by atoms with Gasteiger partial charge < -0.3 is 10.1 Å². The van der Waals surface area contributed by atoms with Crippen LogP contribution in [0.5, 0.6) is 5.88 Å². The first-order chi connectivity index (χ1) is 9.24. The van der Waals surface area contributed by atoms with Crippen molar-refractivity contribution in [3.8, 4) is 5.88 Å². The Morgan fingerprint density at radius 2 is 2.00 bits per heavy atom. The number of ether oxygens (including phenoxy) is 1. The Labute approximate surface area is 112 Å². The molecule has 1 aromatic heterocycles. The quantitative estimate of drug-likeness (QED) is 0.867. The minimum absolute atomic E-state index is 0.0235. The average Bonchev–Trinajstić information content (AvgIpc) is 2.42. The smallest absolute Gasteiger partial charge is 0.213 e. The van der Waals surface area contributed by atoms with E-state index in [2.05, 4.69) is 10.3 Å². The number of rotatable bonds is 6. The highest BCUT2D eigenvalue weighted by Gasteiger charge is 2.04. The fourth-order valence-electron chi connectivity index (χ4n) is 1.69. The maximum Gasteiger partial charge on any atom is 0.213 e. The molecule has 0 aliphatic carbocycles. The van der Waals surface area contributed by atoms with Crippen molar-refractivity contribution in [2.75, 3.05) is 6.54 Å². The van der Waals surface area contributed by atoms with Crippen LogP contribution in [0.25, 0.3) is 0 Å². The highest BCUT2D eigenvalue weighted by Crippen LogP contribution is 2.06. The third kappa shape index (κ3) is 4.67. The Balaban J connectivity index is 1.72. The van der Waals surface area contributed by atoms with E-state index in [0.29, 0.717) is 19.0 Å². The predicted octanol–water partition coefficient (Wildman–Crippen LogP) is 2.78. The summed E-state index contributed by atoms with van der Waals surface area (Å²) in [6, 6.07) is 12.0. The van der Waals surface area contributed by atoms with Crippen molar-refractivity contribution in [3.05, 3.63) is 60.0 Å². The van der Waals surface area contributed by atoms with Crippen molar-refractivity contribution in [2.24, 2.45) is 0 Å². The van der Waals surface area contributed by atoms with Gasteiger partial charge in [0.05, 0.1) is 0 Å². The molecule has 1 aromatic carbocycles. The Morgan fingerprint density at radius 1 is 1.21 bits per heavy atom. The van der Waals surface area contributed by atoms with E-state index in [1.807, 2.05) is 25.1 Å². The van der Waals surface area contributed by atoms with E-state index in [1.165, 1.54) is 12.1 Å². The molecule has 0 spiro atoms. The number of halogens is 1. The van der Waals surface area contributed by atoms with E-state index in [9.17, 15) is 4.39 Å². The van der Waals surface area contributed by atoms with E-state index >= 15 is 0 Å². The molecule has 0 fully saturated rings. The minimum Gasteiger partial charge on any atom is -0.473 e. The fraction of sp³-hybridized carbons (Fsp3) is 0.267. The summed E-state index contributed by atoms with van der Waals surface area (Å²) < 4.78 is 18.4. The van der Waals surface area contributed by atoms with Crippen LogP contribution in [-0.4, -0.2) is 17.6 Å². The Kier molecular flexibility index (Phi) is 4.86. The molecule has 2 aromatic rings. The standard InChI is InChI=1S/C15H17FN2O/c1-12(19-15-4-2-3-9-18-15)10-17-11-13-5-7-14(16)8-6-13/h2-9,12,17H,10-11H2,1H3/t12-/m1/s1. The van der Waals surface area contributed by atoms with E-state index in [0.717, 1.165) is 5.56 Å². The molecule has 0 saturated carbocycles. The summed E-state index contributed by atoms with van der Waals surface area (Å²) in [5.74, 6) is 0.411. The molecule has 0 saturated heterocycles. The molecule has 0 amide bonds. The molecule has 100 valence electrons. The van der Waals surface area contributed by atoms with Crippen molar-refractivity contribution in [1.82, 2.24) is 10.3 Å². The second-order valence-corrected chi connectivity index (χ2v) is 4.35. The second kappa shape index (κ2) is 6.85. The number of benzene rings is 1. The molecule has 0 aliphatic heterocycles. The topological polar surface area (TPSA) is 34.1 Å². The van der Waals surface area contributed by atoms with Gasteiger partial charge in [-0.3, -0.25) is 0 Å². The molecule has 1 N–H and O–H groups in total. The molecule has 4 heteroatoms. The minimum atomic E-state index is -0.212. The van der Waals surface area contributed by atoms with Gasteiger partial charge in [0.15, 0.2) is 0 Å². The Hall–Kier alpha value is -1.94. The van der Waals surface area contributed by atoms with Gasteiger partial charge in [0.25, 0.3) is 0 Å². The molecule has 3 nitrogen and oxygen atoms in total.